The highest BCUT2D eigenvalue weighted by molar-refractivity contribution is 5.63. The predicted molar refractivity (Wildman–Crippen MR) is 104 cm³/mol. The summed E-state index contributed by atoms with van der Waals surface area (Å²) in [6.07, 6.45) is 4.29. The maximum Gasteiger partial charge on any atom is 0.416 e. The van der Waals surface area contributed by atoms with Crippen LogP contribution in [-0.4, -0.2) is 32.9 Å². The number of rotatable bonds is 4. The van der Waals surface area contributed by atoms with Crippen LogP contribution in [0.3, 0.4) is 0 Å². The molecule has 0 N–H and O–H groups in total. The van der Waals surface area contributed by atoms with Crippen molar-refractivity contribution in [3.63, 3.8) is 0 Å². The van der Waals surface area contributed by atoms with Crippen molar-refractivity contribution in [3.8, 4) is 11.3 Å². The van der Waals surface area contributed by atoms with Gasteiger partial charge in [0.25, 0.3) is 0 Å². The second-order valence-electron chi connectivity index (χ2n) is 7.30. The Hall–Kier alpha value is -2.80. The van der Waals surface area contributed by atoms with Gasteiger partial charge in [0, 0.05) is 49.4 Å². The van der Waals surface area contributed by atoms with Crippen LogP contribution in [-0.2, 0) is 12.7 Å². The molecule has 0 unspecified atom stereocenters. The van der Waals surface area contributed by atoms with Crippen molar-refractivity contribution in [1.82, 2.24) is 19.9 Å². The van der Waals surface area contributed by atoms with Crippen LogP contribution < -0.4 is 0 Å². The van der Waals surface area contributed by atoms with E-state index in [2.05, 4.69) is 19.9 Å². The van der Waals surface area contributed by atoms with Crippen LogP contribution >= 0.6 is 0 Å². The van der Waals surface area contributed by atoms with Gasteiger partial charge in [0.15, 0.2) is 0 Å². The Balaban J connectivity index is 1.60. The van der Waals surface area contributed by atoms with Crippen LogP contribution in [0.5, 0.6) is 0 Å². The highest BCUT2D eigenvalue weighted by Gasteiger charge is 2.31. The third-order valence-electron chi connectivity index (χ3n) is 5.24. The Morgan fingerprint density at radius 3 is 2.59 bits per heavy atom. The van der Waals surface area contributed by atoms with E-state index in [0.717, 1.165) is 50.3 Å². The van der Waals surface area contributed by atoms with E-state index in [1.807, 2.05) is 12.1 Å². The van der Waals surface area contributed by atoms with E-state index in [0.29, 0.717) is 11.3 Å². The first-order valence-electron chi connectivity index (χ1n) is 9.60. The molecule has 1 aliphatic heterocycles. The van der Waals surface area contributed by atoms with Gasteiger partial charge in [0.2, 0.25) is 0 Å². The molecule has 1 saturated heterocycles. The van der Waals surface area contributed by atoms with Crippen LogP contribution in [0.2, 0.25) is 0 Å². The normalized spacial score (nSPS) is 18.0. The molecule has 0 aliphatic carbocycles. The van der Waals surface area contributed by atoms with Crippen molar-refractivity contribution in [1.29, 1.82) is 0 Å². The number of aromatic nitrogens is 3. The standard InChI is InChI=1S/C22H21F3N4/c23-22(24,25)19-5-1-3-17(13-19)20-21(28-11-10-27-20)18-4-2-12-29(15-18)14-16-6-8-26-9-7-16/h1,3,5-11,13,18H,2,4,12,14-15H2/t18-/m1/s1. The lowest BCUT2D eigenvalue weighted by Gasteiger charge is -2.33. The van der Waals surface area contributed by atoms with Gasteiger partial charge in [0.05, 0.1) is 17.0 Å². The summed E-state index contributed by atoms with van der Waals surface area (Å²) in [5, 5.41) is 0. The van der Waals surface area contributed by atoms with Gasteiger partial charge in [-0.05, 0) is 49.2 Å². The summed E-state index contributed by atoms with van der Waals surface area (Å²) >= 11 is 0. The van der Waals surface area contributed by atoms with Gasteiger partial charge >= 0.3 is 6.18 Å². The monoisotopic (exact) mass is 398 g/mol. The fourth-order valence-corrected chi connectivity index (χ4v) is 3.88. The zero-order chi connectivity index (χ0) is 20.3. The summed E-state index contributed by atoms with van der Waals surface area (Å²) in [6, 6.07) is 9.33. The molecule has 1 atom stereocenters. The van der Waals surface area contributed by atoms with Gasteiger partial charge in [-0.25, -0.2) is 0 Å². The van der Waals surface area contributed by atoms with Crippen LogP contribution in [0.15, 0.2) is 61.2 Å². The number of piperidine rings is 1. The lowest BCUT2D eigenvalue weighted by Crippen LogP contribution is -2.34. The summed E-state index contributed by atoms with van der Waals surface area (Å²) in [5.74, 6) is 0.129. The van der Waals surface area contributed by atoms with Crippen molar-refractivity contribution in [2.75, 3.05) is 13.1 Å². The SMILES string of the molecule is FC(F)(F)c1cccc(-c2nccnc2[C@@H]2CCCN(Cc3ccncc3)C2)c1. The first-order chi connectivity index (χ1) is 14.0. The molecule has 7 heteroatoms. The average Bonchev–Trinajstić information content (AvgIpc) is 2.74. The number of benzene rings is 1. The zero-order valence-electron chi connectivity index (χ0n) is 15.8. The third kappa shape index (κ3) is 4.62. The number of hydrogen-bond donors (Lipinski definition) is 0. The minimum Gasteiger partial charge on any atom is -0.298 e. The number of halogens is 3. The molecular weight excluding hydrogens is 377 g/mol. The molecule has 0 bridgehead atoms. The molecule has 1 fully saturated rings. The van der Waals surface area contributed by atoms with Gasteiger partial charge < -0.3 is 0 Å². The zero-order valence-corrected chi connectivity index (χ0v) is 15.8. The number of pyridine rings is 1. The molecule has 0 amide bonds. The minimum absolute atomic E-state index is 0.129. The van der Waals surface area contributed by atoms with E-state index in [4.69, 9.17) is 0 Å². The van der Waals surface area contributed by atoms with Gasteiger partial charge in [-0.2, -0.15) is 13.2 Å². The molecule has 0 saturated carbocycles. The number of hydrogen-bond acceptors (Lipinski definition) is 4. The van der Waals surface area contributed by atoms with Crippen molar-refractivity contribution in [3.05, 3.63) is 78.0 Å². The Kier molecular flexibility index (Phi) is 5.58. The summed E-state index contributed by atoms with van der Waals surface area (Å²) in [5.41, 5.74) is 2.28. The van der Waals surface area contributed by atoms with Crippen molar-refractivity contribution < 1.29 is 13.2 Å². The average molecular weight is 398 g/mol. The topological polar surface area (TPSA) is 41.9 Å². The lowest BCUT2D eigenvalue weighted by molar-refractivity contribution is -0.137. The molecule has 4 rings (SSSR count). The molecule has 29 heavy (non-hydrogen) atoms. The van der Waals surface area contributed by atoms with E-state index in [-0.39, 0.29) is 5.92 Å². The highest BCUT2D eigenvalue weighted by Crippen LogP contribution is 2.35. The molecule has 3 aromatic rings. The molecule has 150 valence electrons. The van der Waals surface area contributed by atoms with Crippen molar-refractivity contribution >= 4 is 0 Å². The Morgan fingerprint density at radius 2 is 1.79 bits per heavy atom. The van der Waals surface area contributed by atoms with Crippen molar-refractivity contribution in [2.24, 2.45) is 0 Å². The number of nitrogens with zero attached hydrogens (tertiary/aromatic N) is 4. The van der Waals surface area contributed by atoms with Crippen LogP contribution in [0.4, 0.5) is 13.2 Å². The first kappa shape index (κ1) is 19.5. The van der Waals surface area contributed by atoms with E-state index in [9.17, 15) is 13.2 Å². The fraction of sp³-hybridized carbons (Fsp3) is 0.318. The van der Waals surface area contributed by atoms with Crippen molar-refractivity contribution in [2.45, 2.75) is 31.5 Å². The number of alkyl halides is 3. The van der Waals surface area contributed by atoms with E-state index < -0.39 is 11.7 Å². The molecule has 1 aliphatic rings. The maximum absolute atomic E-state index is 13.1. The Bertz CT molecular complexity index is 960. The molecule has 0 radical (unpaired) electrons. The molecule has 3 heterocycles. The minimum atomic E-state index is -4.38. The predicted octanol–water partition coefficient (Wildman–Crippen LogP) is 4.94. The lowest BCUT2D eigenvalue weighted by atomic mass is 9.91. The third-order valence-corrected chi connectivity index (χ3v) is 5.24. The first-order valence-corrected chi connectivity index (χ1v) is 9.60. The van der Waals surface area contributed by atoms with Gasteiger partial charge in [-0.15, -0.1) is 0 Å². The molecule has 4 nitrogen and oxygen atoms in total. The Labute approximate surface area is 167 Å². The quantitative estimate of drug-likeness (QED) is 0.625. The van der Waals surface area contributed by atoms with E-state index >= 15 is 0 Å². The van der Waals surface area contributed by atoms with Crippen LogP contribution in [0.1, 0.15) is 35.6 Å². The highest BCUT2D eigenvalue weighted by atomic mass is 19.4. The van der Waals surface area contributed by atoms with Gasteiger partial charge in [-0.3, -0.25) is 19.9 Å². The molecule has 2 aromatic heterocycles. The second-order valence-corrected chi connectivity index (χ2v) is 7.30. The summed E-state index contributed by atoms with van der Waals surface area (Å²) in [6.45, 7) is 2.60. The van der Waals surface area contributed by atoms with Crippen LogP contribution in [0, 0.1) is 0 Å². The largest absolute Gasteiger partial charge is 0.416 e. The van der Waals surface area contributed by atoms with Crippen LogP contribution in [0.25, 0.3) is 11.3 Å². The summed E-state index contributed by atoms with van der Waals surface area (Å²) in [7, 11) is 0. The van der Waals surface area contributed by atoms with Gasteiger partial charge in [0.1, 0.15) is 0 Å². The number of likely N-dealkylation sites (tertiary alicyclic amines) is 1. The molecule has 0 spiro atoms. The maximum atomic E-state index is 13.1. The molecular formula is C22H21F3N4. The smallest absolute Gasteiger partial charge is 0.298 e. The fourth-order valence-electron chi connectivity index (χ4n) is 3.88. The summed E-state index contributed by atoms with van der Waals surface area (Å²) < 4.78 is 39.4. The second kappa shape index (κ2) is 8.29. The van der Waals surface area contributed by atoms with Gasteiger partial charge in [-0.1, -0.05) is 12.1 Å². The van der Waals surface area contributed by atoms with E-state index in [1.165, 1.54) is 17.8 Å². The molecule has 1 aromatic carbocycles. The van der Waals surface area contributed by atoms with E-state index in [1.54, 1.807) is 24.7 Å². The Morgan fingerprint density at radius 1 is 1.00 bits per heavy atom. The summed E-state index contributed by atoms with van der Waals surface area (Å²) in [4.78, 5) is 15.3.